The third-order valence-electron chi connectivity index (χ3n) is 1.53. The van der Waals surface area contributed by atoms with Gasteiger partial charge in [0, 0.05) is 6.54 Å². The minimum absolute atomic E-state index is 0.353. The number of hydrogen-bond acceptors (Lipinski definition) is 5. The first kappa shape index (κ1) is 7.11. The lowest BCUT2D eigenvalue weighted by atomic mass is 10.4. The molecule has 6 nitrogen and oxygen atoms in total. The van der Waals surface area contributed by atoms with Gasteiger partial charge in [0.2, 0.25) is 0 Å². The SMILES string of the molecule is Cc1nc(CN)c2nncn2n1. The van der Waals surface area contributed by atoms with Gasteiger partial charge in [-0.3, -0.25) is 0 Å². The van der Waals surface area contributed by atoms with E-state index < -0.39 is 0 Å². The summed E-state index contributed by atoms with van der Waals surface area (Å²) in [5, 5.41) is 11.6. The van der Waals surface area contributed by atoms with Crippen molar-refractivity contribution in [3.63, 3.8) is 0 Å². The van der Waals surface area contributed by atoms with Gasteiger partial charge in [0.15, 0.2) is 5.65 Å². The Morgan fingerprint density at radius 3 is 3.17 bits per heavy atom. The first-order valence-corrected chi connectivity index (χ1v) is 3.55. The normalized spacial score (nSPS) is 10.8. The summed E-state index contributed by atoms with van der Waals surface area (Å²) in [7, 11) is 0. The van der Waals surface area contributed by atoms with Crippen LogP contribution in [0.4, 0.5) is 0 Å². The maximum absolute atomic E-state index is 5.47. The lowest BCUT2D eigenvalue weighted by Gasteiger charge is -1.98. The number of nitrogens with zero attached hydrogens (tertiary/aromatic N) is 5. The molecule has 6 heteroatoms. The standard InChI is InChI=1S/C6H8N6/c1-4-9-5(2-7)6-10-8-3-12(6)11-4/h3H,2,7H2,1H3. The van der Waals surface area contributed by atoms with Crippen LogP contribution in [0.5, 0.6) is 0 Å². The fourth-order valence-corrected chi connectivity index (χ4v) is 1.05. The molecule has 0 unspecified atom stereocenters. The van der Waals surface area contributed by atoms with Gasteiger partial charge in [0.1, 0.15) is 17.8 Å². The molecule has 12 heavy (non-hydrogen) atoms. The smallest absolute Gasteiger partial charge is 0.200 e. The lowest BCUT2D eigenvalue weighted by molar-refractivity contribution is 0.811. The summed E-state index contributed by atoms with van der Waals surface area (Å²) in [6.07, 6.45) is 1.53. The Labute approximate surface area is 68.4 Å². The summed E-state index contributed by atoms with van der Waals surface area (Å²) < 4.78 is 1.57. The Morgan fingerprint density at radius 2 is 2.42 bits per heavy atom. The van der Waals surface area contributed by atoms with E-state index in [2.05, 4.69) is 20.3 Å². The van der Waals surface area contributed by atoms with Crippen molar-refractivity contribution in [2.75, 3.05) is 0 Å². The molecule has 2 rings (SSSR count). The summed E-state index contributed by atoms with van der Waals surface area (Å²) >= 11 is 0. The molecule has 0 spiro atoms. The van der Waals surface area contributed by atoms with Gasteiger partial charge in [0.05, 0.1) is 0 Å². The van der Waals surface area contributed by atoms with Crippen LogP contribution in [0.3, 0.4) is 0 Å². The predicted molar refractivity (Wildman–Crippen MR) is 41.2 cm³/mol. The molecular formula is C6H8N6. The van der Waals surface area contributed by atoms with Gasteiger partial charge in [-0.05, 0) is 6.92 Å². The topological polar surface area (TPSA) is 82.0 Å². The molecule has 2 N–H and O–H groups in total. The average molecular weight is 164 g/mol. The molecule has 0 aliphatic carbocycles. The quantitative estimate of drug-likeness (QED) is 0.601. The maximum Gasteiger partial charge on any atom is 0.200 e. The van der Waals surface area contributed by atoms with E-state index in [-0.39, 0.29) is 0 Å². The lowest BCUT2D eigenvalue weighted by Crippen LogP contribution is -2.07. The number of fused-ring (bicyclic) bond motifs is 1. The monoisotopic (exact) mass is 164 g/mol. The third kappa shape index (κ3) is 0.928. The Kier molecular flexibility index (Phi) is 1.47. The highest BCUT2D eigenvalue weighted by Gasteiger charge is 2.04. The molecule has 0 radical (unpaired) electrons. The molecule has 2 aromatic rings. The maximum atomic E-state index is 5.47. The Bertz CT molecular complexity index is 405. The molecule has 0 atom stereocenters. The van der Waals surface area contributed by atoms with Crippen LogP contribution >= 0.6 is 0 Å². The van der Waals surface area contributed by atoms with E-state index in [1.807, 2.05) is 0 Å². The largest absolute Gasteiger partial charge is 0.325 e. The van der Waals surface area contributed by atoms with Gasteiger partial charge in [-0.25, -0.2) is 4.98 Å². The van der Waals surface area contributed by atoms with Crippen LogP contribution in [-0.4, -0.2) is 24.8 Å². The van der Waals surface area contributed by atoms with Crippen LogP contribution in [-0.2, 0) is 6.54 Å². The van der Waals surface area contributed by atoms with E-state index in [4.69, 9.17) is 5.73 Å². The zero-order valence-corrected chi connectivity index (χ0v) is 6.60. The molecular weight excluding hydrogens is 156 g/mol. The zero-order valence-electron chi connectivity index (χ0n) is 6.60. The minimum atomic E-state index is 0.353. The van der Waals surface area contributed by atoms with Crippen molar-refractivity contribution < 1.29 is 0 Å². The van der Waals surface area contributed by atoms with E-state index >= 15 is 0 Å². The number of rotatable bonds is 1. The van der Waals surface area contributed by atoms with Crippen LogP contribution in [0.1, 0.15) is 11.5 Å². The van der Waals surface area contributed by atoms with Gasteiger partial charge < -0.3 is 5.73 Å². The van der Waals surface area contributed by atoms with Crippen LogP contribution < -0.4 is 5.73 Å². The highest BCUT2D eigenvalue weighted by atomic mass is 15.4. The van der Waals surface area contributed by atoms with Crippen molar-refractivity contribution in [1.29, 1.82) is 0 Å². The summed E-state index contributed by atoms with van der Waals surface area (Å²) in [4.78, 5) is 4.13. The Morgan fingerprint density at radius 1 is 1.58 bits per heavy atom. The van der Waals surface area contributed by atoms with Crippen molar-refractivity contribution in [3.8, 4) is 0 Å². The second-order valence-corrected chi connectivity index (χ2v) is 2.41. The fraction of sp³-hybridized carbons (Fsp3) is 0.333. The Hall–Kier alpha value is -1.56. The first-order chi connectivity index (χ1) is 5.81. The zero-order chi connectivity index (χ0) is 8.55. The highest BCUT2D eigenvalue weighted by Crippen LogP contribution is 2.01. The second kappa shape index (κ2) is 2.49. The van der Waals surface area contributed by atoms with Crippen molar-refractivity contribution in [3.05, 3.63) is 17.8 Å². The summed E-state index contributed by atoms with van der Waals surface area (Å²) in [5.74, 6) is 0.669. The Balaban J connectivity index is 2.80. The highest BCUT2D eigenvalue weighted by molar-refractivity contribution is 5.40. The van der Waals surface area contributed by atoms with Gasteiger partial charge in [-0.2, -0.15) is 9.61 Å². The second-order valence-electron chi connectivity index (χ2n) is 2.41. The van der Waals surface area contributed by atoms with E-state index in [0.29, 0.717) is 18.0 Å². The summed E-state index contributed by atoms with van der Waals surface area (Å²) in [6, 6.07) is 0. The molecule has 0 aliphatic heterocycles. The van der Waals surface area contributed by atoms with Crippen molar-refractivity contribution in [1.82, 2.24) is 24.8 Å². The number of aryl methyl sites for hydroxylation is 1. The fourth-order valence-electron chi connectivity index (χ4n) is 1.05. The molecule has 62 valence electrons. The molecule has 0 amide bonds. The molecule has 0 aromatic carbocycles. The minimum Gasteiger partial charge on any atom is -0.325 e. The molecule has 0 bridgehead atoms. The van der Waals surface area contributed by atoms with Crippen LogP contribution in [0, 0.1) is 6.92 Å². The van der Waals surface area contributed by atoms with Crippen LogP contribution in [0.2, 0.25) is 0 Å². The van der Waals surface area contributed by atoms with Crippen molar-refractivity contribution in [2.24, 2.45) is 5.73 Å². The van der Waals surface area contributed by atoms with Crippen LogP contribution in [0.25, 0.3) is 5.65 Å². The molecule has 2 heterocycles. The first-order valence-electron chi connectivity index (χ1n) is 3.55. The number of aromatic nitrogens is 5. The van der Waals surface area contributed by atoms with Gasteiger partial charge >= 0.3 is 0 Å². The van der Waals surface area contributed by atoms with E-state index in [9.17, 15) is 0 Å². The summed E-state index contributed by atoms with van der Waals surface area (Å²) in [5.41, 5.74) is 6.82. The van der Waals surface area contributed by atoms with Gasteiger partial charge in [-0.15, -0.1) is 10.2 Å². The number of nitrogens with two attached hydrogens (primary N) is 1. The van der Waals surface area contributed by atoms with Crippen LogP contribution in [0.15, 0.2) is 6.33 Å². The molecule has 0 saturated carbocycles. The third-order valence-corrected chi connectivity index (χ3v) is 1.53. The van der Waals surface area contributed by atoms with E-state index in [1.165, 1.54) is 6.33 Å². The van der Waals surface area contributed by atoms with Gasteiger partial charge in [0.25, 0.3) is 0 Å². The van der Waals surface area contributed by atoms with Crippen molar-refractivity contribution in [2.45, 2.75) is 13.5 Å². The molecule has 2 aromatic heterocycles. The predicted octanol–water partition coefficient (Wildman–Crippen LogP) is -0.714. The number of hydrogen-bond donors (Lipinski definition) is 1. The van der Waals surface area contributed by atoms with E-state index in [0.717, 1.165) is 5.69 Å². The van der Waals surface area contributed by atoms with Gasteiger partial charge in [-0.1, -0.05) is 0 Å². The molecule has 0 fully saturated rings. The van der Waals surface area contributed by atoms with Crippen molar-refractivity contribution >= 4 is 5.65 Å². The average Bonchev–Trinajstić information content (AvgIpc) is 2.50. The van der Waals surface area contributed by atoms with E-state index in [1.54, 1.807) is 11.4 Å². The molecule has 0 saturated heterocycles. The summed E-state index contributed by atoms with van der Waals surface area (Å²) in [6.45, 7) is 2.16. The molecule has 0 aliphatic rings.